The van der Waals surface area contributed by atoms with Gasteiger partial charge in [-0.15, -0.1) is 5.10 Å². The molecule has 1 N–H and O–H groups in total. The van der Waals surface area contributed by atoms with Crippen LogP contribution in [0.4, 0.5) is 0 Å². The number of ether oxygens (including phenoxy) is 1. The molecular formula is C11H18N4O3S. The average Bonchev–Trinajstić information content (AvgIpc) is 2.66. The average molecular weight is 286 g/mol. The van der Waals surface area contributed by atoms with E-state index in [0.29, 0.717) is 18.2 Å². The summed E-state index contributed by atoms with van der Waals surface area (Å²) >= 11 is 1.26. The minimum absolute atomic E-state index is 0.0439. The van der Waals surface area contributed by atoms with Crippen LogP contribution >= 0.6 is 11.8 Å². The van der Waals surface area contributed by atoms with Crippen molar-refractivity contribution in [1.82, 2.24) is 19.7 Å². The highest BCUT2D eigenvalue weighted by Crippen LogP contribution is 2.16. The smallest absolute Gasteiger partial charge is 0.343 e. The molecule has 2 rings (SSSR count). The van der Waals surface area contributed by atoms with E-state index in [9.17, 15) is 9.59 Å². The summed E-state index contributed by atoms with van der Waals surface area (Å²) < 4.78 is 6.98. The van der Waals surface area contributed by atoms with E-state index in [1.54, 1.807) is 11.9 Å². The Morgan fingerprint density at radius 1 is 1.47 bits per heavy atom. The third-order valence-electron chi connectivity index (χ3n) is 2.94. The van der Waals surface area contributed by atoms with Gasteiger partial charge in [-0.3, -0.25) is 9.36 Å². The number of aromatic nitrogens is 3. The summed E-state index contributed by atoms with van der Waals surface area (Å²) in [6, 6.07) is 0. The third kappa shape index (κ3) is 3.38. The summed E-state index contributed by atoms with van der Waals surface area (Å²) in [5.74, 6) is 0.319. The Morgan fingerprint density at radius 2 is 2.11 bits per heavy atom. The van der Waals surface area contributed by atoms with Gasteiger partial charge in [0.2, 0.25) is 5.91 Å². The molecule has 106 valence electrons. The first-order valence-electron chi connectivity index (χ1n) is 6.14. The second kappa shape index (κ2) is 5.79. The maximum Gasteiger partial charge on any atom is 0.343 e. The zero-order valence-corrected chi connectivity index (χ0v) is 12.1. The molecule has 8 heteroatoms. The third-order valence-corrected chi connectivity index (χ3v) is 3.95. The lowest BCUT2D eigenvalue weighted by molar-refractivity contribution is -0.140. The Balaban J connectivity index is 1.91. The summed E-state index contributed by atoms with van der Waals surface area (Å²) in [4.78, 5) is 25.1. The van der Waals surface area contributed by atoms with Gasteiger partial charge in [0.25, 0.3) is 0 Å². The van der Waals surface area contributed by atoms with Gasteiger partial charge in [0.05, 0.1) is 18.0 Å². The highest BCUT2D eigenvalue weighted by molar-refractivity contribution is 7.99. The first-order valence-corrected chi connectivity index (χ1v) is 7.13. The first kappa shape index (κ1) is 14.1. The number of carbonyl (C=O) groups excluding carboxylic acids is 1. The fraction of sp³-hybridized carbons (Fsp3) is 0.727. The largest absolute Gasteiger partial charge is 0.372 e. The van der Waals surface area contributed by atoms with E-state index in [-0.39, 0.29) is 29.6 Å². The number of carbonyl (C=O) groups is 1. The van der Waals surface area contributed by atoms with Gasteiger partial charge >= 0.3 is 5.69 Å². The SMILES string of the molecule is C[C@@H]1CN(C(=O)CSc2n[nH]c(=O)n2C)C[C@H](C)O1. The minimum Gasteiger partial charge on any atom is -0.372 e. The van der Waals surface area contributed by atoms with Crippen molar-refractivity contribution in [2.75, 3.05) is 18.8 Å². The van der Waals surface area contributed by atoms with Crippen molar-refractivity contribution in [2.24, 2.45) is 7.05 Å². The molecule has 1 aromatic rings. The van der Waals surface area contributed by atoms with E-state index in [1.807, 2.05) is 13.8 Å². The van der Waals surface area contributed by atoms with E-state index >= 15 is 0 Å². The van der Waals surface area contributed by atoms with E-state index in [0.717, 1.165) is 0 Å². The molecule has 1 aromatic heterocycles. The molecule has 1 amide bonds. The Labute approximate surface area is 115 Å². The van der Waals surface area contributed by atoms with Crippen molar-refractivity contribution < 1.29 is 9.53 Å². The quantitative estimate of drug-likeness (QED) is 0.781. The number of rotatable bonds is 3. The number of nitrogens with zero attached hydrogens (tertiary/aromatic N) is 3. The predicted octanol–water partition coefficient (Wildman–Crippen LogP) is -0.164. The molecule has 0 spiro atoms. The number of H-pyrrole nitrogens is 1. The van der Waals surface area contributed by atoms with Crippen LogP contribution < -0.4 is 5.69 Å². The molecule has 0 unspecified atom stereocenters. The first-order chi connectivity index (χ1) is 8.97. The van der Waals surface area contributed by atoms with Crippen LogP contribution in [0.1, 0.15) is 13.8 Å². The van der Waals surface area contributed by atoms with Crippen molar-refractivity contribution in [3.05, 3.63) is 10.5 Å². The van der Waals surface area contributed by atoms with Crippen LogP contribution in [-0.4, -0.2) is 56.6 Å². The molecule has 0 radical (unpaired) electrons. The second-order valence-electron chi connectivity index (χ2n) is 4.72. The highest BCUT2D eigenvalue weighted by Gasteiger charge is 2.25. The number of thioether (sulfide) groups is 1. The van der Waals surface area contributed by atoms with Crippen LogP contribution in [0, 0.1) is 0 Å². The fourth-order valence-electron chi connectivity index (χ4n) is 2.06. The Kier molecular flexibility index (Phi) is 4.31. The summed E-state index contributed by atoms with van der Waals surface area (Å²) in [7, 11) is 1.62. The monoisotopic (exact) mass is 286 g/mol. The van der Waals surface area contributed by atoms with Crippen molar-refractivity contribution >= 4 is 17.7 Å². The van der Waals surface area contributed by atoms with Crippen molar-refractivity contribution in [3.8, 4) is 0 Å². The van der Waals surface area contributed by atoms with Gasteiger partial charge in [-0.05, 0) is 13.8 Å². The maximum atomic E-state index is 12.1. The van der Waals surface area contributed by atoms with Crippen molar-refractivity contribution in [1.29, 1.82) is 0 Å². The van der Waals surface area contributed by atoms with Crippen LogP contribution in [0.25, 0.3) is 0 Å². The number of hydrogen-bond acceptors (Lipinski definition) is 5. The standard InChI is InChI=1S/C11H18N4O3S/c1-7-4-15(5-8(2)18-7)9(16)6-19-11-13-12-10(17)14(11)3/h7-8H,4-6H2,1-3H3,(H,12,17)/t7-,8+. The molecule has 1 fully saturated rings. The molecular weight excluding hydrogens is 268 g/mol. The molecule has 1 aliphatic heterocycles. The van der Waals surface area contributed by atoms with E-state index < -0.39 is 0 Å². The molecule has 1 aliphatic rings. The minimum atomic E-state index is -0.274. The van der Waals surface area contributed by atoms with E-state index in [2.05, 4.69) is 10.2 Å². The lowest BCUT2D eigenvalue weighted by Gasteiger charge is -2.35. The Hall–Kier alpha value is -1.28. The number of hydrogen-bond donors (Lipinski definition) is 1. The number of morpholine rings is 1. The zero-order valence-electron chi connectivity index (χ0n) is 11.3. The van der Waals surface area contributed by atoms with Gasteiger partial charge < -0.3 is 9.64 Å². The molecule has 7 nitrogen and oxygen atoms in total. The fourth-order valence-corrected chi connectivity index (χ4v) is 2.88. The predicted molar refractivity (Wildman–Crippen MR) is 71.1 cm³/mol. The zero-order chi connectivity index (χ0) is 14.0. The molecule has 1 saturated heterocycles. The van der Waals surface area contributed by atoms with Crippen LogP contribution in [0.3, 0.4) is 0 Å². The molecule has 0 bridgehead atoms. The summed E-state index contributed by atoms with van der Waals surface area (Å²) in [5, 5.41) is 6.72. The van der Waals surface area contributed by atoms with Gasteiger partial charge in [0.1, 0.15) is 0 Å². The number of aromatic amines is 1. The number of nitrogens with one attached hydrogen (secondary N) is 1. The Morgan fingerprint density at radius 3 is 2.63 bits per heavy atom. The maximum absolute atomic E-state index is 12.1. The molecule has 2 heterocycles. The molecule has 0 saturated carbocycles. The van der Waals surface area contributed by atoms with Crippen LogP contribution in [0.5, 0.6) is 0 Å². The molecule has 19 heavy (non-hydrogen) atoms. The number of amides is 1. The van der Waals surface area contributed by atoms with Gasteiger partial charge in [-0.2, -0.15) is 0 Å². The topological polar surface area (TPSA) is 80.2 Å². The van der Waals surface area contributed by atoms with Gasteiger partial charge in [-0.25, -0.2) is 9.89 Å². The molecule has 0 aliphatic carbocycles. The molecule has 0 aromatic carbocycles. The van der Waals surface area contributed by atoms with Crippen molar-refractivity contribution in [2.45, 2.75) is 31.2 Å². The Bertz CT molecular complexity index is 502. The van der Waals surface area contributed by atoms with Gasteiger partial charge in [0.15, 0.2) is 5.16 Å². The van der Waals surface area contributed by atoms with Gasteiger partial charge in [-0.1, -0.05) is 11.8 Å². The highest BCUT2D eigenvalue weighted by atomic mass is 32.2. The lowest BCUT2D eigenvalue weighted by atomic mass is 10.2. The van der Waals surface area contributed by atoms with E-state index in [1.165, 1.54) is 16.3 Å². The summed E-state index contributed by atoms with van der Waals surface area (Å²) in [5.41, 5.74) is -0.274. The lowest BCUT2D eigenvalue weighted by Crippen LogP contribution is -2.48. The van der Waals surface area contributed by atoms with Crippen LogP contribution in [-0.2, 0) is 16.6 Å². The van der Waals surface area contributed by atoms with Crippen molar-refractivity contribution in [3.63, 3.8) is 0 Å². The van der Waals surface area contributed by atoms with Gasteiger partial charge in [0, 0.05) is 20.1 Å². The van der Waals surface area contributed by atoms with E-state index in [4.69, 9.17) is 4.74 Å². The van der Waals surface area contributed by atoms with Crippen LogP contribution in [0.2, 0.25) is 0 Å². The normalized spacial score (nSPS) is 23.6. The van der Waals surface area contributed by atoms with Crippen LogP contribution in [0.15, 0.2) is 9.95 Å². The molecule has 2 atom stereocenters. The summed E-state index contributed by atoms with van der Waals surface area (Å²) in [6.45, 7) is 5.15. The summed E-state index contributed by atoms with van der Waals surface area (Å²) in [6.07, 6.45) is 0.125. The second-order valence-corrected chi connectivity index (χ2v) is 5.66.